The maximum atomic E-state index is 2.33. The van der Waals surface area contributed by atoms with Crippen molar-refractivity contribution in [1.82, 2.24) is 0 Å². The largest absolute Gasteiger partial charge is 0.0626 e. The molecule has 0 saturated carbocycles. The summed E-state index contributed by atoms with van der Waals surface area (Å²) in [5.74, 6) is 1.38. The number of benzene rings is 3. The quantitative estimate of drug-likeness (QED) is 0.351. The van der Waals surface area contributed by atoms with Crippen LogP contribution < -0.4 is 0 Å². The van der Waals surface area contributed by atoms with Crippen molar-refractivity contribution in [1.29, 1.82) is 0 Å². The summed E-state index contributed by atoms with van der Waals surface area (Å²) in [6, 6.07) is 28.0. The third kappa shape index (κ3) is 7.82. The lowest BCUT2D eigenvalue weighted by Crippen LogP contribution is -2.08. The monoisotopic (exact) mass is 478 g/mol. The first kappa shape index (κ1) is 27.7. The van der Waals surface area contributed by atoms with E-state index in [1.54, 1.807) is 11.1 Å². The van der Waals surface area contributed by atoms with Crippen LogP contribution in [0.5, 0.6) is 0 Å². The molecule has 0 aromatic heterocycles. The van der Waals surface area contributed by atoms with Gasteiger partial charge in [-0.25, -0.2) is 0 Å². The molecule has 0 atom stereocenters. The Morgan fingerprint density at radius 1 is 0.667 bits per heavy atom. The van der Waals surface area contributed by atoms with Gasteiger partial charge in [0.05, 0.1) is 0 Å². The molecule has 0 spiro atoms. The van der Waals surface area contributed by atoms with E-state index in [4.69, 9.17) is 0 Å². The zero-order valence-electron chi connectivity index (χ0n) is 23.9. The highest BCUT2D eigenvalue weighted by Crippen LogP contribution is 2.35. The van der Waals surface area contributed by atoms with E-state index < -0.39 is 0 Å². The van der Waals surface area contributed by atoms with Crippen LogP contribution in [-0.2, 0) is 19.3 Å². The minimum absolute atomic E-state index is 0.404. The van der Waals surface area contributed by atoms with E-state index in [2.05, 4.69) is 140 Å². The molecule has 2 aliphatic carbocycles. The molecule has 0 heterocycles. The SMILES string of the molecule is CC(C)(C)Cc1ccccc1.CC(C)C1=Cc2ccccc2C1.CC1=C(C(C)C)Cc2ccccc21. The van der Waals surface area contributed by atoms with Crippen molar-refractivity contribution in [3.05, 3.63) is 118 Å². The first-order valence-corrected chi connectivity index (χ1v) is 13.7. The maximum Gasteiger partial charge on any atom is -0.00526 e. The molecule has 0 saturated heterocycles. The van der Waals surface area contributed by atoms with E-state index in [9.17, 15) is 0 Å². The molecule has 3 aromatic rings. The van der Waals surface area contributed by atoms with E-state index in [-0.39, 0.29) is 0 Å². The Balaban J connectivity index is 0.000000151. The van der Waals surface area contributed by atoms with Crippen molar-refractivity contribution in [3.8, 4) is 0 Å². The lowest BCUT2D eigenvalue weighted by Gasteiger charge is -2.17. The molecular formula is C36H46. The summed E-state index contributed by atoms with van der Waals surface area (Å²) >= 11 is 0. The van der Waals surface area contributed by atoms with Crippen LogP contribution in [0.15, 0.2) is 90.0 Å². The van der Waals surface area contributed by atoms with Crippen LogP contribution in [-0.4, -0.2) is 0 Å². The Morgan fingerprint density at radius 3 is 1.81 bits per heavy atom. The topological polar surface area (TPSA) is 0 Å². The fourth-order valence-corrected chi connectivity index (χ4v) is 5.07. The summed E-state index contributed by atoms with van der Waals surface area (Å²) in [6.45, 7) is 18.1. The molecule has 5 rings (SSSR count). The number of fused-ring (bicyclic) bond motifs is 2. The lowest BCUT2D eigenvalue weighted by molar-refractivity contribution is 0.411. The van der Waals surface area contributed by atoms with Gasteiger partial charge < -0.3 is 0 Å². The zero-order chi connectivity index (χ0) is 26.3. The van der Waals surface area contributed by atoms with Crippen molar-refractivity contribution in [3.63, 3.8) is 0 Å². The molecule has 0 heteroatoms. The molecule has 0 radical (unpaired) electrons. The van der Waals surface area contributed by atoms with Crippen LogP contribution >= 0.6 is 0 Å². The second-order valence-electron chi connectivity index (χ2n) is 12.1. The van der Waals surface area contributed by atoms with Crippen LogP contribution in [0.2, 0.25) is 0 Å². The van der Waals surface area contributed by atoms with Gasteiger partial charge in [0.25, 0.3) is 0 Å². The molecule has 2 aliphatic rings. The molecule has 0 fully saturated rings. The van der Waals surface area contributed by atoms with E-state index >= 15 is 0 Å². The fourth-order valence-electron chi connectivity index (χ4n) is 5.07. The molecule has 0 nitrogen and oxygen atoms in total. The molecule has 3 aromatic carbocycles. The molecule has 0 N–H and O–H groups in total. The number of rotatable bonds is 3. The van der Waals surface area contributed by atoms with Gasteiger partial charge in [0.15, 0.2) is 0 Å². The summed E-state index contributed by atoms with van der Waals surface area (Å²) in [4.78, 5) is 0. The zero-order valence-corrected chi connectivity index (χ0v) is 23.9. The van der Waals surface area contributed by atoms with Gasteiger partial charge >= 0.3 is 0 Å². The Labute approximate surface area is 221 Å². The van der Waals surface area contributed by atoms with Gasteiger partial charge in [-0.2, -0.15) is 0 Å². The average molecular weight is 479 g/mol. The fraction of sp³-hybridized carbons (Fsp3) is 0.389. The van der Waals surface area contributed by atoms with Crippen LogP contribution in [0.25, 0.3) is 11.6 Å². The molecule has 190 valence electrons. The number of hydrogen-bond acceptors (Lipinski definition) is 0. The molecule has 0 aliphatic heterocycles. The second kappa shape index (κ2) is 12.4. The third-order valence-corrected chi connectivity index (χ3v) is 7.09. The van der Waals surface area contributed by atoms with Crippen molar-refractivity contribution < 1.29 is 0 Å². The van der Waals surface area contributed by atoms with E-state index in [1.807, 2.05) is 0 Å². The molecule has 0 bridgehead atoms. The second-order valence-corrected chi connectivity index (χ2v) is 12.1. The Kier molecular flexibility index (Phi) is 9.55. The third-order valence-electron chi connectivity index (χ3n) is 7.09. The van der Waals surface area contributed by atoms with Crippen LogP contribution in [0.4, 0.5) is 0 Å². The lowest BCUT2D eigenvalue weighted by atomic mass is 9.88. The minimum Gasteiger partial charge on any atom is -0.0626 e. The highest BCUT2D eigenvalue weighted by atomic mass is 14.2. The minimum atomic E-state index is 0.404. The first-order valence-electron chi connectivity index (χ1n) is 13.7. The Hall–Kier alpha value is -2.86. The summed E-state index contributed by atoms with van der Waals surface area (Å²) in [5, 5.41) is 0. The summed E-state index contributed by atoms with van der Waals surface area (Å²) in [7, 11) is 0. The van der Waals surface area contributed by atoms with Gasteiger partial charge in [-0.1, -0.05) is 145 Å². The van der Waals surface area contributed by atoms with Crippen molar-refractivity contribution in [2.45, 2.75) is 74.7 Å². The summed E-state index contributed by atoms with van der Waals surface area (Å²) in [5.41, 5.74) is 12.4. The van der Waals surface area contributed by atoms with Gasteiger partial charge in [0.1, 0.15) is 0 Å². The number of allylic oxidation sites excluding steroid dienone is 3. The van der Waals surface area contributed by atoms with Crippen molar-refractivity contribution >= 4 is 11.6 Å². The maximum absolute atomic E-state index is 2.33. The van der Waals surface area contributed by atoms with E-state index in [0.29, 0.717) is 17.3 Å². The van der Waals surface area contributed by atoms with Crippen LogP contribution in [0, 0.1) is 17.3 Å². The highest BCUT2D eigenvalue weighted by molar-refractivity contribution is 5.75. The van der Waals surface area contributed by atoms with Gasteiger partial charge in [0, 0.05) is 0 Å². The average Bonchev–Trinajstić information content (AvgIpc) is 3.42. The normalized spacial score (nSPS) is 14.0. The van der Waals surface area contributed by atoms with Crippen molar-refractivity contribution in [2.24, 2.45) is 17.3 Å². The molecule has 0 unspecified atom stereocenters. The predicted octanol–water partition coefficient (Wildman–Crippen LogP) is 10.2. The van der Waals surface area contributed by atoms with E-state index in [0.717, 1.165) is 12.8 Å². The first-order chi connectivity index (χ1) is 17.0. The summed E-state index contributed by atoms with van der Waals surface area (Å²) < 4.78 is 0. The van der Waals surface area contributed by atoms with Gasteiger partial charge in [0.2, 0.25) is 0 Å². The highest BCUT2D eigenvalue weighted by Gasteiger charge is 2.19. The molecular weight excluding hydrogens is 432 g/mol. The standard InChI is InChI=1S/C13H16.C12H14.C11H16/c1-9(2)13-8-11-6-4-5-7-12(11)10(13)3;1-9(2)12-7-10-5-3-4-6-11(10)8-12;1-11(2,3)9-10-7-5-4-6-8-10/h4-7,9H,8H2,1-3H3;3-7,9H,8H2,1-2H3;4-8H,9H2,1-3H3. The molecule has 36 heavy (non-hydrogen) atoms. The predicted molar refractivity (Wildman–Crippen MR) is 160 cm³/mol. The van der Waals surface area contributed by atoms with Crippen LogP contribution in [0.1, 0.15) is 83.2 Å². The van der Waals surface area contributed by atoms with Gasteiger partial charge in [-0.3, -0.25) is 0 Å². The smallest absolute Gasteiger partial charge is 0.00526 e. The summed E-state index contributed by atoms with van der Waals surface area (Å²) in [6.07, 6.45) is 5.82. The van der Waals surface area contributed by atoms with Crippen molar-refractivity contribution in [2.75, 3.05) is 0 Å². The van der Waals surface area contributed by atoms with Gasteiger partial charge in [-0.05, 0) is 76.8 Å². The van der Waals surface area contributed by atoms with Crippen LogP contribution in [0.3, 0.4) is 0 Å². The molecule has 0 amide bonds. The Morgan fingerprint density at radius 2 is 1.25 bits per heavy atom. The van der Waals surface area contributed by atoms with Gasteiger partial charge in [-0.15, -0.1) is 0 Å². The Bertz CT molecular complexity index is 1180. The van der Waals surface area contributed by atoms with E-state index in [1.165, 1.54) is 39.8 Å². The number of hydrogen-bond donors (Lipinski definition) is 0.